The van der Waals surface area contributed by atoms with Crippen molar-refractivity contribution in [3.63, 3.8) is 0 Å². The van der Waals surface area contributed by atoms with Gasteiger partial charge in [-0.25, -0.2) is 0 Å². The van der Waals surface area contributed by atoms with Gasteiger partial charge in [-0.05, 0) is 24.5 Å². The molecule has 0 aromatic carbocycles. The van der Waals surface area contributed by atoms with Crippen molar-refractivity contribution in [1.29, 1.82) is 0 Å². The zero-order valence-electron chi connectivity index (χ0n) is 7.99. The van der Waals surface area contributed by atoms with E-state index in [0.717, 1.165) is 18.3 Å². The number of aryl methyl sites for hydroxylation is 1. The smallest absolute Gasteiger partial charge is 0.151 e. The lowest BCUT2D eigenvalue weighted by Gasteiger charge is -1.99. The average Bonchev–Trinajstić information content (AvgIpc) is 2.19. The first kappa shape index (κ1) is 9.90. The number of unbranched alkanes of at least 4 members (excludes halogenated alkanes) is 2. The lowest BCUT2D eigenvalue weighted by Crippen LogP contribution is -1.90. The van der Waals surface area contributed by atoms with Crippen LogP contribution in [0, 0.1) is 0 Å². The van der Waals surface area contributed by atoms with Crippen LogP contribution in [0.2, 0.25) is 0 Å². The molecule has 1 heterocycles. The van der Waals surface area contributed by atoms with E-state index >= 15 is 0 Å². The number of rotatable bonds is 5. The van der Waals surface area contributed by atoms with E-state index in [4.69, 9.17) is 0 Å². The van der Waals surface area contributed by atoms with E-state index in [1.807, 2.05) is 12.3 Å². The maximum atomic E-state index is 10.4. The fourth-order valence-corrected chi connectivity index (χ4v) is 1.29. The van der Waals surface area contributed by atoms with E-state index in [0.29, 0.717) is 5.56 Å². The Morgan fingerprint density at radius 1 is 1.38 bits per heavy atom. The third-order valence-electron chi connectivity index (χ3n) is 2.02. The monoisotopic (exact) mass is 177 g/mol. The first-order valence-corrected chi connectivity index (χ1v) is 4.76. The molecule has 0 unspecified atom stereocenters. The SMILES string of the molecule is CCCCCc1cncc(C=O)c1. The molecule has 2 heteroatoms. The van der Waals surface area contributed by atoms with E-state index in [1.165, 1.54) is 19.3 Å². The van der Waals surface area contributed by atoms with Gasteiger partial charge in [0, 0.05) is 18.0 Å². The Labute approximate surface area is 79.0 Å². The van der Waals surface area contributed by atoms with Gasteiger partial charge in [-0.2, -0.15) is 0 Å². The lowest BCUT2D eigenvalue weighted by atomic mass is 10.1. The number of aldehydes is 1. The minimum Gasteiger partial charge on any atom is -0.298 e. The van der Waals surface area contributed by atoms with Crippen LogP contribution < -0.4 is 0 Å². The summed E-state index contributed by atoms with van der Waals surface area (Å²) in [5.74, 6) is 0. The van der Waals surface area contributed by atoms with Crippen molar-refractivity contribution in [1.82, 2.24) is 4.98 Å². The van der Waals surface area contributed by atoms with Gasteiger partial charge in [-0.3, -0.25) is 9.78 Å². The minimum absolute atomic E-state index is 0.675. The van der Waals surface area contributed by atoms with Crippen LogP contribution in [0.1, 0.15) is 42.1 Å². The summed E-state index contributed by atoms with van der Waals surface area (Å²) in [4.78, 5) is 14.5. The first-order valence-electron chi connectivity index (χ1n) is 4.76. The number of hydrogen-bond donors (Lipinski definition) is 0. The Bertz CT molecular complexity index is 271. The molecule has 0 spiro atoms. The highest BCUT2D eigenvalue weighted by atomic mass is 16.1. The van der Waals surface area contributed by atoms with Gasteiger partial charge in [0.1, 0.15) is 0 Å². The molecule has 0 fully saturated rings. The van der Waals surface area contributed by atoms with Crippen molar-refractivity contribution < 1.29 is 4.79 Å². The van der Waals surface area contributed by atoms with Crippen molar-refractivity contribution in [2.75, 3.05) is 0 Å². The topological polar surface area (TPSA) is 30.0 Å². The molecule has 0 aliphatic heterocycles. The molecule has 13 heavy (non-hydrogen) atoms. The molecular weight excluding hydrogens is 162 g/mol. The van der Waals surface area contributed by atoms with Gasteiger partial charge in [-0.1, -0.05) is 19.8 Å². The summed E-state index contributed by atoms with van der Waals surface area (Å²) in [6.07, 6.45) is 8.95. The van der Waals surface area contributed by atoms with Crippen molar-refractivity contribution in [3.05, 3.63) is 29.6 Å². The number of carbonyl (C=O) groups is 1. The van der Waals surface area contributed by atoms with E-state index in [1.54, 1.807) is 6.20 Å². The second kappa shape index (κ2) is 5.46. The third kappa shape index (κ3) is 3.36. The molecule has 0 amide bonds. The standard InChI is InChI=1S/C11H15NO/c1-2-3-4-5-10-6-11(9-13)8-12-7-10/h6-9H,2-5H2,1H3. The molecule has 0 atom stereocenters. The Morgan fingerprint density at radius 2 is 2.23 bits per heavy atom. The van der Waals surface area contributed by atoms with Crippen molar-refractivity contribution in [2.24, 2.45) is 0 Å². The van der Waals surface area contributed by atoms with Crippen LogP contribution in [0.5, 0.6) is 0 Å². The zero-order chi connectivity index (χ0) is 9.52. The van der Waals surface area contributed by atoms with E-state index in [-0.39, 0.29) is 0 Å². The number of nitrogens with zero attached hydrogens (tertiary/aromatic N) is 1. The molecule has 0 aliphatic carbocycles. The van der Waals surface area contributed by atoms with Gasteiger partial charge >= 0.3 is 0 Å². The summed E-state index contributed by atoms with van der Waals surface area (Å²) < 4.78 is 0. The average molecular weight is 177 g/mol. The predicted octanol–water partition coefficient (Wildman–Crippen LogP) is 2.63. The van der Waals surface area contributed by atoms with Crippen molar-refractivity contribution >= 4 is 6.29 Å². The van der Waals surface area contributed by atoms with Crippen LogP contribution in [0.15, 0.2) is 18.5 Å². The summed E-state index contributed by atoms with van der Waals surface area (Å²) in [6.45, 7) is 2.18. The molecule has 1 rings (SSSR count). The Morgan fingerprint density at radius 3 is 2.92 bits per heavy atom. The third-order valence-corrected chi connectivity index (χ3v) is 2.02. The maximum Gasteiger partial charge on any atom is 0.151 e. The molecule has 0 N–H and O–H groups in total. The molecule has 0 saturated carbocycles. The van der Waals surface area contributed by atoms with Gasteiger partial charge < -0.3 is 0 Å². The van der Waals surface area contributed by atoms with Gasteiger partial charge in [0.05, 0.1) is 0 Å². The molecule has 1 aromatic rings. The highest BCUT2D eigenvalue weighted by molar-refractivity contribution is 5.74. The molecule has 1 aromatic heterocycles. The molecule has 0 radical (unpaired) electrons. The van der Waals surface area contributed by atoms with Crippen LogP contribution in [0.4, 0.5) is 0 Å². The summed E-state index contributed by atoms with van der Waals surface area (Å²) in [7, 11) is 0. The molecule has 70 valence electrons. The lowest BCUT2D eigenvalue weighted by molar-refractivity contribution is 0.112. The molecule has 2 nitrogen and oxygen atoms in total. The van der Waals surface area contributed by atoms with Gasteiger partial charge in [0.15, 0.2) is 6.29 Å². The van der Waals surface area contributed by atoms with Crippen LogP contribution in [0.25, 0.3) is 0 Å². The molecule has 0 saturated heterocycles. The summed E-state index contributed by atoms with van der Waals surface area (Å²) in [5, 5.41) is 0. The number of carbonyl (C=O) groups excluding carboxylic acids is 1. The van der Waals surface area contributed by atoms with Crippen LogP contribution in [-0.4, -0.2) is 11.3 Å². The van der Waals surface area contributed by atoms with Crippen molar-refractivity contribution in [2.45, 2.75) is 32.6 Å². The number of aromatic nitrogens is 1. The number of pyridine rings is 1. The Kier molecular flexibility index (Phi) is 4.16. The molecule has 0 aliphatic rings. The normalized spacial score (nSPS) is 9.92. The van der Waals surface area contributed by atoms with Crippen LogP contribution in [-0.2, 0) is 6.42 Å². The largest absolute Gasteiger partial charge is 0.298 e. The summed E-state index contributed by atoms with van der Waals surface area (Å²) in [5.41, 5.74) is 1.84. The predicted molar refractivity (Wildman–Crippen MR) is 52.9 cm³/mol. The second-order valence-electron chi connectivity index (χ2n) is 3.20. The van der Waals surface area contributed by atoms with E-state index in [2.05, 4.69) is 11.9 Å². The van der Waals surface area contributed by atoms with Crippen LogP contribution >= 0.6 is 0 Å². The number of hydrogen-bond acceptors (Lipinski definition) is 2. The van der Waals surface area contributed by atoms with Gasteiger partial charge in [0.25, 0.3) is 0 Å². The fraction of sp³-hybridized carbons (Fsp3) is 0.455. The van der Waals surface area contributed by atoms with Gasteiger partial charge in [0.2, 0.25) is 0 Å². The van der Waals surface area contributed by atoms with Gasteiger partial charge in [-0.15, -0.1) is 0 Å². The quantitative estimate of drug-likeness (QED) is 0.511. The Hall–Kier alpha value is -1.18. The molecule has 0 bridgehead atoms. The first-order chi connectivity index (χ1) is 6.36. The van der Waals surface area contributed by atoms with E-state index in [9.17, 15) is 4.79 Å². The molecular formula is C11H15NO. The zero-order valence-corrected chi connectivity index (χ0v) is 7.99. The maximum absolute atomic E-state index is 10.4. The Balaban J connectivity index is 2.51. The highest BCUT2D eigenvalue weighted by Gasteiger charge is 1.95. The summed E-state index contributed by atoms with van der Waals surface area (Å²) >= 11 is 0. The van der Waals surface area contributed by atoms with Crippen molar-refractivity contribution in [3.8, 4) is 0 Å². The highest BCUT2D eigenvalue weighted by Crippen LogP contribution is 2.06. The van der Waals surface area contributed by atoms with Crippen LogP contribution in [0.3, 0.4) is 0 Å². The second-order valence-corrected chi connectivity index (χ2v) is 3.20. The fourth-order valence-electron chi connectivity index (χ4n) is 1.29. The van der Waals surface area contributed by atoms with E-state index < -0.39 is 0 Å². The minimum atomic E-state index is 0.675. The summed E-state index contributed by atoms with van der Waals surface area (Å²) in [6, 6.07) is 1.91.